The Morgan fingerprint density at radius 3 is 2.07 bits per heavy atom. The predicted octanol–water partition coefficient (Wildman–Crippen LogP) is 3.86. The number of nitrogens with zero attached hydrogens (tertiary/aromatic N) is 1. The van der Waals surface area contributed by atoms with Gasteiger partial charge in [-0.1, -0.05) is 26.0 Å². The van der Waals surface area contributed by atoms with Gasteiger partial charge in [0.05, 0.1) is 17.1 Å². The third-order valence-electron chi connectivity index (χ3n) is 4.98. The first kappa shape index (κ1) is 21.5. The van der Waals surface area contributed by atoms with Crippen molar-refractivity contribution in [1.29, 1.82) is 0 Å². The van der Waals surface area contributed by atoms with E-state index >= 15 is 0 Å². The van der Waals surface area contributed by atoms with Crippen molar-refractivity contribution in [2.75, 3.05) is 18.4 Å². The highest BCUT2D eigenvalue weighted by Crippen LogP contribution is 2.22. The lowest BCUT2D eigenvalue weighted by Gasteiger charge is -2.34. The van der Waals surface area contributed by atoms with E-state index in [0.29, 0.717) is 30.3 Å². The van der Waals surface area contributed by atoms with Gasteiger partial charge < -0.3 is 10.1 Å². The Hall–Kier alpha value is -2.22. The van der Waals surface area contributed by atoms with Gasteiger partial charge in [-0.25, -0.2) is 8.42 Å². The fourth-order valence-corrected chi connectivity index (χ4v) is 5.00. The largest absolute Gasteiger partial charge is 0.373 e. The van der Waals surface area contributed by atoms with E-state index in [0.717, 1.165) is 0 Å². The van der Waals surface area contributed by atoms with Crippen molar-refractivity contribution in [1.82, 2.24) is 4.31 Å². The van der Waals surface area contributed by atoms with Crippen LogP contribution in [0.15, 0.2) is 53.4 Å². The van der Waals surface area contributed by atoms with Crippen molar-refractivity contribution in [2.45, 2.75) is 50.7 Å². The number of anilines is 1. The van der Waals surface area contributed by atoms with Gasteiger partial charge in [0, 0.05) is 24.3 Å². The monoisotopic (exact) mass is 416 g/mol. The van der Waals surface area contributed by atoms with E-state index in [9.17, 15) is 13.2 Å². The van der Waals surface area contributed by atoms with Crippen molar-refractivity contribution >= 4 is 21.6 Å². The molecular formula is C22H28N2O4S. The van der Waals surface area contributed by atoms with E-state index in [2.05, 4.69) is 19.2 Å². The standard InChI is InChI=1S/C22H28N2O4S/c1-15(2)18-5-9-20(10-6-18)23-22(25)19-7-11-21(12-8-19)29(26,27)24-13-16(3)28-17(4)14-24/h5-12,15-17H,13-14H2,1-4H3,(H,23,25)/t16-,17-/m0/s1. The van der Waals surface area contributed by atoms with E-state index in [1.807, 2.05) is 38.1 Å². The summed E-state index contributed by atoms with van der Waals surface area (Å²) in [5.41, 5.74) is 2.30. The van der Waals surface area contributed by atoms with Crippen LogP contribution in [0.5, 0.6) is 0 Å². The van der Waals surface area contributed by atoms with E-state index in [1.54, 1.807) is 0 Å². The number of nitrogens with one attached hydrogen (secondary N) is 1. The molecule has 1 aliphatic heterocycles. The number of sulfonamides is 1. The Morgan fingerprint density at radius 1 is 1.00 bits per heavy atom. The molecule has 1 aliphatic rings. The van der Waals surface area contributed by atoms with Crippen LogP contribution in [0.1, 0.15) is 49.5 Å². The summed E-state index contributed by atoms with van der Waals surface area (Å²) in [6.45, 7) is 8.59. The second-order valence-corrected chi connectivity index (χ2v) is 9.77. The topological polar surface area (TPSA) is 75.7 Å². The molecule has 3 rings (SSSR count). The van der Waals surface area contributed by atoms with Crippen LogP contribution in [-0.2, 0) is 14.8 Å². The van der Waals surface area contributed by atoms with Crippen LogP contribution < -0.4 is 5.32 Å². The van der Waals surface area contributed by atoms with Crippen molar-refractivity contribution in [3.8, 4) is 0 Å². The van der Waals surface area contributed by atoms with Crippen molar-refractivity contribution in [3.63, 3.8) is 0 Å². The maximum Gasteiger partial charge on any atom is 0.255 e. The molecule has 1 fully saturated rings. The molecule has 2 atom stereocenters. The minimum atomic E-state index is -3.62. The number of carbonyl (C=O) groups is 1. The molecule has 0 aliphatic carbocycles. The summed E-state index contributed by atoms with van der Waals surface area (Å²) in [5.74, 6) is 0.145. The predicted molar refractivity (Wildman–Crippen MR) is 114 cm³/mol. The van der Waals surface area contributed by atoms with Gasteiger partial charge in [0.2, 0.25) is 10.0 Å². The lowest BCUT2D eigenvalue weighted by molar-refractivity contribution is -0.0440. The maximum absolute atomic E-state index is 12.9. The number of hydrogen-bond donors (Lipinski definition) is 1. The Bertz CT molecular complexity index is 943. The van der Waals surface area contributed by atoms with Crippen molar-refractivity contribution < 1.29 is 17.9 Å². The molecule has 7 heteroatoms. The molecule has 0 saturated carbocycles. The van der Waals surface area contributed by atoms with Crippen molar-refractivity contribution in [3.05, 3.63) is 59.7 Å². The molecule has 2 aromatic carbocycles. The van der Waals surface area contributed by atoms with Crippen LogP contribution in [0, 0.1) is 0 Å². The number of hydrogen-bond acceptors (Lipinski definition) is 4. The summed E-state index contributed by atoms with van der Waals surface area (Å²) in [5, 5.41) is 2.84. The summed E-state index contributed by atoms with van der Waals surface area (Å²) >= 11 is 0. The molecular weight excluding hydrogens is 388 g/mol. The molecule has 156 valence electrons. The minimum absolute atomic E-state index is 0.152. The first-order valence-electron chi connectivity index (χ1n) is 9.84. The first-order chi connectivity index (χ1) is 13.7. The third kappa shape index (κ3) is 5.04. The fraction of sp³-hybridized carbons (Fsp3) is 0.409. The Labute approximate surface area is 172 Å². The molecule has 1 N–H and O–H groups in total. The Balaban J connectivity index is 1.71. The quantitative estimate of drug-likeness (QED) is 0.803. The highest BCUT2D eigenvalue weighted by molar-refractivity contribution is 7.89. The van der Waals surface area contributed by atoms with E-state index in [-0.39, 0.29) is 23.0 Å². The van der Waals surface area contributed by atoms with Gasteiger partial charge in [0.1, 0.15) is 0 Å². The van der Waals surface area contributed by atoms with Crippen LogP contribution in [0.4, 0.5) is 5.69 Å². The molecule has 1 heterocycles. The van der Waals surface area contributed by atoms with Gasteiger partial charge in [-0.2, -0.15) is 4.31 Å². The molecule has 0 unspecified atom stereocenters. The number of morpholine rings is 1. The Kier molecular flexibility index (Phi) is 6.41. The molecule has 0 aromatic heterocycles. The van der Waals surface area contributed by atoms with Gasteiger partial charge in [-0.15, -0.1) is 0 Å². The highest BCUT2D eigenvalue weighted by Gasteiger charge is 2.32. The average Bonchev–Trinajstić information content (AvgIpc) is 2.67. The maximum atomic E-state index is 12.9. The van der Waals surface area contributed by atoms with Gasteiger partial charge in [-0.3, -0.25) is 4.79 Å². The summed E-state index contributed by atoms with van der Waals surface area (Å²) in [4.78, 5) is 12.7. The van der Waals surface area contributed by atoms with Gasteiger partial charge in [0.15, 0.2) is 0 Å². The van der Waals surface area contributed by atoms with E-state index in [1.165, 1.54) is 34.1 Å². The van der Waals surface area contributed by atoms with Crippen LogP contribution in [-0.4, -0.2) is 43.9 Å². The molecule has 1 saturated heterocycles. The third-order valence-corrected chi connectivity index (χ3v) is 6.82. The van der Waals surface area contributed by atoms with Crippen LogP contribution in [0.25, 0.3) is 0 Å². The average molecular weight is 417 g/mol. The van der Waals surface area contributed by atoms with Crippen molar-refractivity contribution in [2.24, 2.45) is 0 Å². The fourth-order valence-electron chi connectivity index (χ4n) is 3.41. The molecule has 29 heavy (non-hydrogen) atoms. The summed E-state index contributed by atoms with van der Waals surface area (Å²) in [6, 6.07) is 13.8. The minimum Gasteiger partial charge on any atom is -0.373 e. The normalized spacial score (nSPS) is 20.6. The zero-order chi connectivity index (χ0) is 21.2. The second-order valence-electron chi connectivity index (χ2n) is 7.83. The smallest absolute Gasteiger partial charge is 0.255 e. The van der Waals surface area contributed by atoms with Gasteiger partial charge in [0.25, 0.3) is 5.91 Å². The molecule has 0 bridgehead atoms. The number of ether oxygens (including phenoxy) is 1. The zero-order valence-corrected chi connectivity index (χ0v) is 18.1. The van der Waals surface area contributed by atoms with E-state index < -0.39 is 10.0 Å². The molecule has 2 aromatic rings. The molecule has 1 amide bonds. The lowest BCUT2D eigenvalue weighted by Crippen LogP contribution is -2.48. The molecule has 6 nitrogen and oxygen atoms in total. The Morgan fingerprint density at radius 2 is 1.55 bits per heavy atom. The number of benzene rings is 2. The number of carbonyl (C=O) groups excluding carboxylic acids is 1. The van der Waals surface area contributed by atoms with Gasteiger partial charge in [-0.05, 0) is 61.7 Å². The number of amides is 1. The van der Waals surface area contributed by atoms with Crippen LogP contribution in [0.3, 0.4) is 0 Å². The number of rotatable bonds is 5. The summed E-state index contributed by atoms with van der Waals surface area (Å²) < 4.78 is 32.9. The summed E-state index contributed by atoms with van der Waals surface area (Å²) in [6.07, 6.45) is -0.304. The lowest BCUT2D eigenvalue weighted by atomic mass is 10.0. The molecule has 0 radical (unpaired) electrons. The highest BCUT2D eigenvalue weighted by atomic mass is 32.2. The van der Waals surface area contributed by atoms with E-state index in [4.69, 9.17) is 4.74 Å². The first-order valence-corrected chi connectivity index (χ1v) is 11.3. The van der Waals surface area contributed by atoms with Crippen LogP contribution in [0.2, 0.25) is 0 Å². The van der Waals surface area contributed by atoms with Crippen LogP contribution >= 0.6 is 0 Å². The zero-order valence-electron chi connectivity index (χ0n) is 17.3. The SMILES string of the molecule is CC(C)c1ccc(NC(=O)c2ccc(S(=O)(=O)N3C[C@H](C)O[C@@H](C)C3)cc2)cc1. The summed E-state index contributed by atoms with van der Waals surface area (Å²) in [7, 11) is -3.62. The molecule has 0 spiro atoms. The van der Waals surface area contributed by atoms with Gasteiger partial charge >= 0.3 is 0 Å². The second kappa shape index (κ2) is 8.65.